The van der Waals surface area contributed by atoms with Crippen LogP contribution in [0.1, 0.15) is 22.1 Å². The van der Waals surface area contributed by atoms with Gasteiger partial charge in [-0.3, -0.25) is 4.79 Å². The number of hydrogen-bond donors (Lipinski definition) is 2. The van der Waals surface area contributed by atoms with Gasteiger partial charge in [-0.2, -0.15) is 4.98 Å². The molecule has 0 atom stereocenters. The van der Waals surface area contributed by atoms with Crippen LogP contribution in [0.4, 0.5) is 5.82 Å². The van der Waals surface area contributed by atoms with Gasteiger partial charge in [-0.05, 0) is 19.1 Å². The van der Waals surface area contributed by atoms with E-state index in [1.165, 1.54) is 6.20 Å². The zero-order chi connectivity index (χ0) is 13.0. The zero-order valence-electron chi connectivity index (χ0n) is 9.88. The highest BCUT2D eigenvalue weighted by atomic mass is 16.5. The Labute approximate surface area is 103 Å². The van der Waals surface area contributed by atoms with Crippen LogP contribution < -0.4 is 11.1 Å². The van der Waals surface area contributed by atoms with E-state index < -0.39 is 0 Å². The minimum atomic E-state index is -0.267. The van der Waals surface area contributed by atoms with E-state index in [2.05, 4.69) is 20.4 Å². The van der Waals surface area contributed by atoms with Crippen molar-refractivity contribution in [2.24, 2.45) is 0 Å². The largest absolute Gasteiger partial charge is 0.383 e. The monoisotopic (exact) mass is 247 g/mol. The van der Waals surface area contributed by atoms with Crippen LogP contribution in [-0.2, 0) is 6.42 Å². The normalized spacial score (nSPS) is 10.3. The standard InChI is InChI=1S/C11H13N5O2/c1-7-15-9(18-16-7)4-6-14-11(17)8-3-2-5-13-10(8)12/h2-3,5H,4,6H2,1H3,(H2,12,13)(H,14,17). The summed E-state index contributed by atoms with van der Waals surface area (Å²) < 4.78 is 4.93. The molecule has 0 aliphatic carbocycles. The Morgan fingerprint density at radius 3 is 3.06 bits per heavy atom. The molecule has 0 aliphatic heterocycles. The van der Waals surface area contributed by atoms with Crippen LogP contribution in [0.5, 0.6) is 0 Å². The molecule has 0 aromatic carbocycles. The van der Waals surface area contributed by atoms with Crippen molar-refractivity contribution in [3.8, 4) is 0 Å². The maximum absolute atomic E-state index is 11.8. The second kappa shape index (κ2) is 5.26. The molecule has 2 heterocycles. The number of aromatic nitrogens is 3. The first kappa shape index (κ1) is 12.0. The Bertz CT molecular complexity index is 552. The number of nitrogen functional groups attached to an aromatic ring is 1. The molecule has 0 radical (unpaired) electrons. The lowest BCUT2D eigenvalue weighted by atomic mass is 10.2. The number of anilines is 1. The van der Waals surface area contributed by atoms with E-state index in [1.54, 1.807) is 19.1 Å². The van der Waals surface area contributed by atoms with Gasteiger partial charge in [0.15, 0.2) is 5.82 Å². The minimum absolute atomic E-state index is 0.212. The fourth-order valence-electron chi connectivity index (χ4n) is 1.43. The van der Waals surface area contributed by atoms with Crippen molar-refractivity contribution in [3.05, 3.63) is 35.6 Å². The van der Waals surface area contributed by atoms with Gasteiger partial charge in [-0.15, -0.1) is 0 Å². The molecule has 7 heteroatoms. The quantitative estimate of drug-likeness (QED) is 0.806. The average molecular weight is 247 g/mol. The summed E-state index contributed by atoms with van der Waals surface area (Å²) in [6.07, 6.45) is 2.01. The topological polar surface area (TPSA) is 107 Å². The van der Waals surface area contributed by atoms with E-state index in [4.69, 9.17) is 10.3 Å². The summed E-state index contributed by atoms with van der Waals surface area (Å²) in [5.41, 5.74) is 5.96. The lowest BCUT2D eigenvalue weighted by Crippen LogP contribution is -2.26. The number of aryl methyl sites for hydroxylation is 1. The van der Waals surface area contributed by atoms with Gasteiger partial charge >= 0.3 is 0 Å². The number of carbonyl (C=O) groups is 1. The molecule has 1 amide bonds. The van der Waals surface area contributed by atoms with Crippen molar-refractivity contribution in [1.29, 1.82) is 0 Å². The molecule has 0 saturated carbocycles. The molecule has 94 valence electrons. The Balaban J connectivity index is 1.87. The van der Waals surface area contributed by atoms with Crippen LogP contribution in [0.25, 0.3) is 0 Å². The van der Waals surface area contributed by atoms with E-state index >= 15 is 0 Å². The highest BCUT2D eigenvalue weighted by molar-refractivity contribution is 5.98. The molecular formula is C11H13N5O2. The van der Waals surface area contributed by atoms with Gasteiger partial charge in [0.25, 0.3) is 5.91 Å². The zero-order valence-corrected chi connectivity index (χ0v) is 9.88. The summed E-state index contributed by atoms with van der Waals surface area (Å²) >= 11 is 0. The molecule has 3 N–H and O–H groups in total. The Hall–Kier alpha value is -2.44. The summed E-state index contributed by atoms with van der Waals surface area (Å²) in [5, 5.41) is 6.37. The van der Waals surface area contributed by atoms with Gasteiger partial charge in [0.2, 0.25) is 5.89 Å². The van der Waals surface area contributed by atoms with Gasteiger partial charge in [0, 0.05) is 19.2 Å². The minimum Gasteiger partial charge on any atom is -0.383 e. The molecule has 0 aliphatic rings. The third kappa shape index (κ3) is 2.82. The Morgan fingerprint density at radius 2 is 2.39 bits per heavy atom. The van der Waals surface area contributed by atoms with E-state index in [0.29, 0.717) is 30.2 Å². The highest BCUT2D eigenvalue weighted by Crippen LogP contribution is 2.06. The van der Waals surface area contributed by atoms with Crippen LogP contribution in [-0.4, -0.2) is 27.6 Å². The van der Waals surface area contributed by atoms with Gasteiger partial charge in [0.05, 0.1) is 5.56 Å². The number of rotatable bonds is 4. The van der Waals surface area contributed by atoms with Crippen molar-refractivity contribution in [2.75, 3.05) is 12.3 Å². The number of nitrogens with one attached hydrogen (secondary N) is 1. The molecule has 0 fully saturated rings. The molecule has 18 heavy (non-hydrogen) atoms. The van der Waals surface area contributed by atoms with Crippen LogP contribution in [0, 0.1) is 6.92 Å². The molecule has 2 rings (SSSR count). The molecule has 7 nitrogen and oxygen atoms in total. The van der Waals surface area contributed by atoms with E-state index in [0.717, 1.165) is 0 Å². The predicted molar refractivity (Wildman–Crippen MR) is 63.7 cm³/mol. The molecule has 0 spiro atoms. The van der Waals surface area contributed by atoms with Gasteiger partial charge in [-0.25, -0.2) is 4.98 Å². The van der Waals surface area contributed by atoms with Gasteiger partial charge < -0.3 is 15.6 Å². The predicted octanol–water partition coefficient (Wildman–Crippen LogP) is 0.328. The van der Waals surface area contributed by atoms with Crippen molar-refractivity contribution in [3.63, 3.8) is 0 Å². The lowest BCUT2D eigenvalue weighted by Gasteiger charge is -2.04. The Kier molecular flexibility index (Phi) is 3.52. The third-order valence-corrected chi connectivity index (χ3v) is 2.28. The number of carbonyl (C=O) groups excluding carboxylic acids is 1. The van der Waals surface area contributed by atoms with Crippen molar-refractivity contribution >= 4 is 11.7 Å². The van der Waals surface area contributed by atoms with Crippen molar-refractivity contribution < 1.29 is 9.32 Å². The van der Waals surface area contributed by atoms with Crippen molar-refractivity contribution in [1.82, 2.24) is 20.4 Å². The van der Waals surface area contributed by atoms with Gasteiger partial charge in [0.1, 0.15) is 5.82 Å². The van der Waals surface area contributed by atoms with E-state index in [9.17, 15) is 4.79 Å². The maximum atomic E-state index is 11.8. The first-order chi connectivity index (χ1) is 8.66. The third-order valence-electron chi connectivity index (χ3n) is 2.28. The lowest BCUT2D eigenvalue weighted by molar-refractivity contribution is 0.0954. The fourth-order valence-corrected chi connectivity index (χ4v) is 1.43. The summed E-state index contributed by atoms with van der Waals surface area (Å²) in [6.45, 7) is 2.14. The van der Waals surface area contributed by atoms with Crippen LogP contribution in [0.2, 0.25) is 0 Å². The summed E-state index contributed by atoms with van der Waals surface area (Å²) in [7, 11) is 0. The first-order valence-electron chi connectivity index (χ1n) is 5.44. The molecular weight excluding hydrogens is 234 g/mol. The van der Waals surface area contributed by atoms with Crippen LogP contribution >= 0.6 is 0 Å². The number of nitrogens with two attached hydrogens (primary N) is 1. The summed E-state index contributed by atoms with van der Waals surface area (Å²) in [4.78, 5) is 19.6. The number of nitrogens with zero attached hydrogens (tertiary/aromatic N) is 3. The molecule has 0 bridgehead atoms. The number of amides is 1. The second-order valence-electron chi connectivity index (χ2n) is 3.68. The van der Waals surface area contributed by atoms with Crippen LogP contribution in [0.15, 0.2) is 22.9 Å². The SMILES string of the molecule is Cc1noc(CCNC(=O)c2cccnc2N)n1. The van der Waals surface area contributed by atoms with Crippen LogP contribution in [0.3, 0.4) is 0 Å². The maximum Gasteiger partial charge on any atom is 0.255 e. The number of pyridine rings is 1. The molecule has 2 aromatic rings. The van der Waals surface area contributed by atoms with E-state index in [-0.39, 0.29) is 11.7 Å². The first-order valence-corrected chi connectivity index (χ1v) is 5.44. The molecule has 0 unspecified atom stereocenters. The average Bonchev–Trinajstić information content (AvgIpc) is 2.75. The second-order valence-corrected chi connectivity index (χ2v) is 3.68. The number of hydrogen-bond acceptors (Lipinski definition) is 6. The molecule has 0 saturated heterocycles. The highest BCUT2D eigenvalue weighted by Gasteiger charge is 2.10. The summed E-state index contributed by atoms with van der Waals surface area (Å²) in [6, 6.07) is 3.28. The fraction of sp³-hybridized carbons (Fsp3) is 0.273. The smallest absolute Gasteiger partial charge is 0.255 e. The van der Waals surface area contributed by atoms with E-state index in [1.807, 2.05) is 0 Å². The summed E-state index contributed by atoms with van der Waals surface area (Å²) in [5.74, 6) is 1.01. The van der Waals surface area contributed by atoms with Crippen molar-refractivity contribution in [2.45, 2.75) is 13.3 Å². The Morgan fingerprint density at radius 1 is 1.56 bits per heavy atom. The molecule has 2 aromatic heterocycles. The van der Waals surface area contributed by atoms with Gasteiger partial charge in [-0.1, -0.05) is 5.16 Å².